The minimum Gasteiger partial charge on any atom is -0.459 e. The molecule has 0 unspecified atom stereocenters. The molecule has 0 spiro atoms. The monoisotopic (exact) mass is 251 g/mol. The summed E-state index contributed by atoms with van der Waals surface area (Å²) < 4.78 is 10.5. The molecule has 1 rings (SSSR count). The Balaban J connectivity index is 2.29. The van der Waals surface area contributed by atoms with Crippen molar-refractivity contribution in [3.63, 3.8) is 0 Å². The molecule has 1 aromatic rings. The van der Waals surface area contributed by atoms with E-state index in [0.717, 1.165) is 5.56 Å². The molecule has 0 aliphatic heterocycles. The van der Waals surface area contributed by atoms with Gasteiger partial charge in [-0.05, 0) is 26.3 Å². The Bertz CT molecular complexity index is 370. The van der Waals surface area contributed by atoms with Gasteiger partial charge < -0.3 is 15.2 Å². The van der Waals surface area contributed by atoms with Crippen molar-refractivity contribution in [2.75, 3.05) is 6.61 Å². The molecular formula is C14H21NO3. The molecule has 0 saturated carbocycles. The zero-order valence-corrected chi connectivity index (χ0v) is 11.2. The first-order chi connectivity index (χ1) is 8.38. The Kier molecular flexibility index (Phi) is 5.31. The van der Waals surface area contributed by atoms with Gasteiger partial charge >= 0.3 is 5.97 Å². The fourth-order valence-corrected chi connectivity index (χ4v) is 1.32. The third kappa shape index (κ3) is 5.80. The summed E-state index contributed by atoms with van der Waals surface area (Å²) in [6.07, 6.45) is 0. The average molecular weight is 251 g/mol. The number of rotatable bonds is 5. The Labute approximate surface area is 108 Å². The quantitative estimate of drug-likeness (QED) is 0.812. The lowest BCUT2D eigenvalue weighted by molar-refractivity contribution is -0.158. The maximum absolute atomic E-state index is 11.6. The molecule has 2 N–H and O–H groups in total. The number of esters is 1. The van der Waals surface area contributed by atoms with Crippen molar-refractivity contribution in [3.05, 3.63) is 35.9 Å². The Morgan fingerprint density at radius 3 is 2.44 bits per heavy atom. The molecule has 1 atom stereocenters. The van der Waals surface area contributed by atoms with Crippen LogP contribution in [0.4, 0.5) is 0 Å². The second-order valence-electron chi connectivity index (χ2n) is 5.14. The number of carbonyl (C=O) groups is 1. The topological polar surface area (TPSA) is 61.5 Å². The number of carbonyl (C=O) groups excluding carboxylic acids is 1. The summed E-state index contributed by atoms with van der Waals surface area (Å²) in [5, 5.41) is 0. The van der Waals surface area contributed by atoms with Gasteiger partial charge in [-0.15, -0.1) is 0 Å². The largest absolute Gasteiger partial charge is 0.459 e. The predicted molar refractivity (Wildman–Crippen MR) is 69.9 cm³/mol. The van der Waals surface area contributed by atoms with Crippen LogP contribution >= 0.6 is 0 Å². The SMILES string of the molecule is CC(C)(C)OC(=O)[C@H](N)COCc1ccccc1. The zero-order valence-electron chi connectivity index (χ0n) is 11.2. The second kappa shape index (κ2) is 6.52. The highest BCUT2D eigenvalue weighted by Crippen LogP contribution is 2.08. The molecule has 0 aliphatic rings. The molecular weight excluding hydrogens is 230 g/mol. The number of benzene rings is 1. The lowest BCUT2D eigenvalue weighted by atomic mass is 10.2. The van der Waals surface area contributed by atoms with Crippen molar-refractivity contribution < 1.29 is 14.3 Å². The van der Waals surface area contributed by atoms with Gasteiger partial charge in [0, 0.05) is 0 Å². The predicted octanol–water partition coefficient (Wildman–Crippen LogP) is 1.87. The van der Waals surface area contributed by atoms with Crippen molar-refractivity contribution >= 4 is 5.97 Å². The van der Waals surface area contributed by atoms with Gasteiger partial charge in [0.1, 0.15) is 11.6 Å². The van der Waals surface area contributed by atoms with Gasteiger partial charge in [0.05, 0.1) is 13.2 Å². The van der Waals surface area contributed by atoms with E-state index in [1.165, 1.54) is 0 Å². The average Bonchev–Trinajstić information content (AvgIpc) is 2.28. The van der Waals surface area contributed by atoms with Crippen LogP contribution in [0.3, 0.4) is 0 Å². The van der Waals surface area contributed by atoms with Gasteiger partial charge in [-0.2, -0.15) is 0 Å². The minimum absolute atomic E-state index is 0.157. The molecule has 0 aliphatic carbocycles. The summed E-state index contributed by atoms with van der Waals surface area (Å²) in [5.74, 6) is -0.435. The molecule has 0 aromatic heterocycles. The summed E-state index contributed by atoms with van der Waals surface area (Å²) in [7, 11) is 0. The molecule has 0 amide bonds. The molecule has 0 heterocycles. The minimum atomic E-state index is -0.743. The fraction of sp³-hybridized carbons (Fsp3) is 0.500. The first kappa shape index (κ1) is 14.7. The maximum Gasteiger partial charge on any atom is 0.325 e. The smallest absolute Gasteiger partial charge is 0.325 e. The van der Waals surface area contributed by atoms with E-state index < -0.39 is 17.6 Å². The van der Waals surface area contributed by atoms with Crippen LogP contribution < -0.4 is 5.73 Å². The first-order valence-corrected chi connectivity index (χ1v) is 5.98. The van der Waals surface area contributed by atoms with E-state index in [4.69, 9.17) is 15.2 Å². The van der Waals surface area contributed by atoms with Gasteiger partial charge in [0.15, 0.2) is 0 Å². The van der Waals surface area contributed by atoms with E-state index in [2.05, 4.69) is 0 Å². The summed E-state index contributed by atoms with van der Waals surface area (Å²) in [5.41, 5.74) is 6.22. The second-order valence-corrected chi connectivity index (χ2v) is 5.14. The lowest BCUT2D eigenvalue weighted by Crippen LogP contribution is -2.40. The van der Waals surface area contributed by atoms with Crippen LogP contribution in [0.2, 0.25) is 0 Å². The van der Waals surface area contributed by atoms with Gasteiger partial charge in [-0.3, -0.25) is 4.79 Å². The number of nitrogens with two attached hydrogens (primary N) is 1. The van der Waals surface area contributed by atoms with Crippen LogP contribution in [-0.2, 0) is 20.9 Å². The van der Waals surface area contributed by atoms with Crippen LogP contribution in [0.1, 0.15) is 26.3 Å². The van der Waals surface area contributed by atoms with E-state index in [1.807, 2.05) is 51.1 Å². The molecule has 0 bridgehead atoms. The Hall–Kier alpha value is -1.39. The molecule has 18 heavy (non-hydrogen) atoms. The van der Waals surface area contributed by atoms with Gasteiger partial charge in [0.25, 0.3) is 0 Å². The molecule has 4 nitrogen and oxygen atoms in total. The summed E-state index contributed by atoms with van der Waals surface area (Å²) in [6, 6.07) is 8.99. The highest BCUT2D eigenvalue weighted by molar-refractivity contribution is 5.76. The fourth-order valence-electron chi connectivity index (χ4n) is 1.32. The van der Waals surface area contributed by atoms with Crippen LogP contribution in [0.25, 0.3) is 0 Å². The van der Waals surface area contributed by atoms with Crippen LogP contribution in [0.15, 0.2) is 30.3 Å². The van der Waals surface area contributed by atoms with Gasteiger partial charge in [-0.25, -0.2) is 0 Å². The summed E-state index contributed by atoms with van der Waals surface area (Å²) in [6.45, 7) is 6.02. The molecule has 4 heteroatoms. The van der Waals surface area contributed by atoms with Crippen molar-refractivity contribution in [2.24, 2.45) is 5.73 Å². The Morgan fingerprint density at radius 2 is 1.89 bits per heavy atom. The van der Waals surface area contributed by atoms with E-state index in [-0.39, 0.29) is 6.61 Å². The Morgan fingerprint density at radius 1 is 1.28 bits per heavy atom. The van der Waals surface area contributed by atoms with Gasteiger partial charge in [0.2, 0.25) is 0 Å². The number of hydrogen-bond donors (Lipinski definition) is 1. The van der Waals surface area contributed by atoms with Crippen LogP contribution in [0.5, 0.6) is 0 Å². The third-order valence-corrected chi connectivity index (χ3v) is 2.12. The van der Waals surface area contributed by atoms with E-state index >= 15 is 0 Å². The summed E-state index contributed by atoms with van der Waals surface area (Å²) in [4.78, 5) is 11.6. The van der Waals surface area contributed by atoms with E-state index in [0.29, 0.717) is 6.61 Å². The highest BCUT2D eigenvalue weighted by atomic mass is 16.6. The summed E-state index contributed by atoms with van der Waals surface area (Å²) >= 11 is 0. The van der Waals surface area contributed by atoms with Crippen molar-refractivity contribution in [2.45, 2.75) is 39.0 Å². The van der Waals surface area contributed by atoms with Crippen molar-refractivity contribution in [3.8, 4) is 0 Å². The molecule has 0 fully saturated rings. The normalized spacial score (nSPS) is 13.1. The standard InChI is InChI=1S/C14H21NO3/c1-14(2,3)18-13(16)12(15)10-17-9-11-7-5-4-6-8-11/h4-8,12H,9-10,15H2,1-3H3/t12-/m1/s1. The van der Waals surface area contributed by atoms with Crippen LogP contribution in [0, 0.1) is 0 Å². The molecule has 0 radical (unpaired) electrons. The highest BCUT2D eigenvalue weighted by Gasteiger charge is 2.22. The first-order valence-electron chi connectivity index (χ1n) is 5.98. The van der Waals surface area contributed by atoms with Crippen LogP contribution in [-0.4, -0.2) is 24.2 Å². The van der Waals surface area contributed by atoms with Crippen molar-refractivity contribution in [1.29, 1.82) is 0 Å². The lowest BCUT2D eigenvalue weighted by Gasteiger charge is -2.22. The van der Waals surface area contributed by atoms with Crippen molar-refractivity contribution in [1.82, 2.24) is 0 Å². The number of hydrogen-bond acceptors (Lipinski definition) is 4. The molecule has 1 aromatic carbocycles. The maximum atomic E-state index is 11.6. The van der Waals surface area contributed by atoms with E-state index in [1.54, 1.807) is 0 Å². The third-order valence-electron chi connectivity index (χ3n) is 2.12. The zero-order chi connectivity index (χ0) is 13.6. The molecule has 0 saturated heterocycles. The number of ether oxygens (including phenoxy) is 2. The molecule has 100 valence electrons. The van der Waals surface area contributed by atoms with Gasteiger partial charge in [-0.1, -0.05) is 30.3 Å². The van der Waals surface area contributed by atoms with E-state index in [9.17, 15) is 4.79 Å².